The highest BCUT2D eigenvalue weighted by Crippen LogP contribution is 2.37. The third-order valence-corrected chi connectivity index (χ3v) is 6.20. The Hall–Kier alpha value is -2.91. The monoisotopic (exact) mass is 396 g/mol. The van der Waals surface area contributed by atoms with E-state index < -0.39 is 0 Å². The van der Waals surface area contributed by atoms with Gasteiger partial charge < -0.3 is 4.74 Å². The lowest BCUT2D eigenvalue weighted by Crippen LogP contribution is -2.31. The average molecular weight is 397 g/mol. The summed E-state index contributed by atoms with van der Waals surface area (Å²) in [5.41, 5.74) is 6.24. The van der Waals surface area contributed by atoms with Gasteiger partial charge >= 0.3 is 0 Å². The lowest BCUT2D eigenvalue weighted by Gasteiger charge is -2.30. The minimum absolute atomic E-state index is 0.751. The summed E-state index contributed by atoms with van der Waals surface area (Å²) < 4.78 is 5.78. The van der Waals surface area contributed by atoms with Gasteiger partial charge in [-0.1, -0.05) is 44.2 Å². The van der Waals surface area contributed by atoms with Crippen LogP contribution < -0.4 is 4.74 Å². The second kappa shape index (κ2) is 8.08. The first-order chi connectivity index (χ1) is 14.8. The number of hydrogen-bond donors (Lipinski definition) is 0. The summed E-state index contributed by atoms with van der Waals surface area (Å²) in [6, 6.07) is 21.5. The molecule has 0 radical (unpaired) electrons. The van der Waals surface area contributed by atoms with Crippen LogP contribution in [0.2, 0.25) is 0 Å². The maximum absolute atomic E-state index is 5.78. The number of aromatic nitrogens is 1. The molecule has 0 bridgehead atoms. The zero-order valence-electron chi connectivity index (χ0n) is 17.8. The molecule has 0 atom stereocenters. The Morgan fingerprint density at radius 2 is 1.77 bits per heavy atom. The third-order valence-electron chi connectivity index (χ3n) is 6.20. The lowest BCUT2D eigenvalue weighted by atomic mass is 9.89. The largest absolute Gasteiger partial charge is 0.494 e. The molecule has 3 aromatic carbocycles. The van der Waals surface area contributed by atoms with Crippen LogP contribution in [0.5, 0.6) is 5.75 Å². The van der Waals surface area contributed by atoms with E-state index in [4.69, 9.17) is 9.72 Å². The Labute approximate surface area is 178 Å². The Bertz CT molecular complexity index is 1200. The molecule has 3 heteroatoms. The van der Waals surface area contributed by atoms with Gasteiger partial charge in [0.25, 0.3) is 0 Å². The van der Waals surface area contributed by atoms with Crippen LogP contribution in [-0.4, -0.2) is 29.6 Å². The van der Waals surface area contributed by atoms with Crippen molar-refractivity contribution in [1.29, 1.82) is 0 Å². The fourth-order valence-corrected chi connectivity index (χ4v) is 4.61. The summed E-state index contributed by atoms with van der Waals surface area (Å²) in [6.07, 6.45) is 2.09. The van der Waals surface area contributed by atoms with Gasteiger partial charge in [0.15, 0.2) is 0 Å². The molecule has 1 aliphatic rings. The molecule has 5 rings (SSSR count). The average Bonchev–Trinajstić information content (AvgIpc) is 2.81. The molecule has 4 aromatic rings. The molecule has 1 aromatic heterocycles. The van der Waals surface area contributed by atoms with Gasteiger partial charge in [0.05, 0.1) is 17.8 Å². The summed E-state index contributed by atoms with van der Waals surface area (Å²) >= 11 is 0. The van der Waals surface area contributed by atoms with Crippen LogP contribution in [0.25, 0.3) is 32.9 Å². The van der Waals surface area contributed by atoms with Gasteiger partial charge in [0.2, 0.25) is 0 Å². The van der Waals surface area contributed by atoms with E-state index in [1.54, 1.807) is 0 Å². The number of pyridine rings is 1. The third kappa shape index (κ3) is 3.33. The van der Waals surface area contributed by atoms with Crippen molar-refractivity contribution in [3.05, 3.63) is 71.8 Å². The van der Waals surface area contributed by atoms with E-state index in [2.05, 4.69) is 79.4 Å². The normalized spacial score (nSPS) is 14.2. The molecule has 2 heterocycles. The second-order valence-corrected chi connectivity index (χ2v) is 8.09. The molecule has 0 unspecified atom stereocenters. The molecule has 0 saturated carbocycles. The predicted octanol–water partition coefficient (Wildman–Crippen LogP) is 6.22. The Balaban J connectivity index is 1.71. The minimum atomic E-state index is 0.751. The van der Waals surface area contributed by atoms with Crippen molar-refractivity contribution in [3.8, 4) is 17.0 Å². The van der Waals surface area contributed by atoms with E-state index in [9.17, 15) is 0 Å². The van der Waals surface area contributed by atoms with Crippen LogP contribution in [0, 0.1) is 0 Å². The minimum Gasteiger partial charge on any atom is -0.494 e. The fraction of sp³-hybridized carbons (Fsp3) is 0.296. The summed E-state index contributed by atoms with van der Waals surface area (Å²) in [5.74, 6) is 0.927. The first-order valence-corrected chi connectivity index (χ1v) is 11.1. The number of hydrogen-bond acceptors (Lipinski definition) is 3. The Kier molecular flexibility index (Phi) is 5.14. The summed E-state index contributed by atoms with van der Waals surface area (Å²) in [5, 5.41) is 3.95. The molecule has 1 aliphatic heterocycles. The highest BCUT2D eigenvalue weighted by Gasteiger charge is 2.23. The Morgan fingerprint density at radius 1 is 0.933 bits per heavy atom. The standard InChI is InChI=1S/C27H28N2O/c1-3-17-30-21-12-9-20(10-13-21)27-24-18-29(4-2)16-15-23(24)26-22-8-6-5-7-19(22)11-14-25(26)28-27/h5-14H,3-4,15-18H2,1-2H3. The van der Waals surface area contributed by atoms with Crippen LogP contribution in [0.3, 0.4) is 0 Å². The van der Waals surface area contributed by atoms with E-state index >= 15 is 0 Å². The summed E-state index contributed by atoms with van der Waals surface area (Å²) in [6.45, 7) is 8.26. The molecule has 30 heavy (non-hydrogen) atoms. The maximum atomic E-state index is 5.78. The smallest absolute Gasteiger partial charge is 0.119 e. The first kappa shape index (κ1) is 19.1. The van der Waals surface area contributed by atoms with Crippen molar-refractivity contribution in [2.45, 2.75) is 33.2 Å². The van der Waals surface area contributed by atoms with E-state index in [0.717, 1.165) is 56.0 Å². The van der Waals surface area contributed by atoms with Crippen molar-refractivity contribution in [2.75, 3.05) is 19.7 Å². The van der Waals surface area contributed by atoms with Gasteiger partial charge in [0.1, 0.15) is 5.75 Å². The lowest BCUT2D eigenvalue weighted by molar-refractivity contribution is 0.269. The van der Waals surface area contributed by atoms with Crippen molar-refractivity contribution >= 4 is 21.7 Å². The van der Waals surface area contributed by atoms with Crippen molar-refractivity contribution in [3.63, 3.8) is 0 Å². The number of benzene rings is 3. The van der Waals surface area contributed by atoms with Gasteiger partial charge in [-0.15, -0.1) is 0 Å². The van der Waals surface area contributed by atoms with E-state index in [1.165, 1.54) is 32.8 Å². The van der Waals surface area contributed by atoms with Gasteiger partial charge in [-0.05, 0) is 71.6 Å². The van der Waals surface area contributed by atoms with Crippen LogP contribution in [0.4, 0.5) is 0 Å². The topological polar surface area (TPSA) is 25.4 Å². The molecule has 3 nitrogen and oxygen atoms in total. The molecule has 152 valence electrons. The summed E-state index contributed by atoms with van der Waals surface area (Å²) in [4.78, 5) is 7.72. The molecular formula is C27H28N2O. The maximum Gasteiger partial charge on any atom is 0.119 e. The van der Waals surface area contributed by atoms with Gasteiger partial charge in [0, 0.05) is 24.0 Å². The van der Waals surface area contributed by atoms with Crippen molar-refractivity contribution < 1.29 is 4.74 Å². The highest BCUT2D eigenvalue weighted by atomic mass is 16.5. The summed E-state index contributed by atoms with van der Waals surface area (Å²) in [7, 11) is 0. The van der Waals surface area contributed by atoms with Crippen LogP contribution in [-0.2, 0) is 13.0 Å². The SMILES string of the molecule is CCCOc1ccc(-c2nc3ccc4ccccc4c3c3c2CN(CC)CC3)cc1. The van der Waals surface area contributed by atoms with E-state index in [0.29, 0.717) is 0 Å². The molecule has 0 amide bonds. The zero-order valence-corrected chi connectivity index (χ0v) is 17.8. The predicted molar refractivity (Wildman–Crippen MR) is 125 cm³/mol. The van der Waals surface area contributed by atoms with Crippen molar-refractivity contribution in [2.24, 2.45) is 0 Å². The fourth-order valence-electron chi connectivity index (χ4n) is 4.61. The molecule has 0 saturated heterocycles. The second-order valence-electron chi connectivity index (χ2n) is 8.09. The molecule has 0 fully saturated rings. The zero-order chi connectivity index (χ0) is 20.5. The highest BCUT2D eigenvalue weighted by molar-refractivity contribution is 6.09. The number of fused-ring (bicyclic) bond motifs is 5. The van der Waals surface area contributed by atoms with Crippen LogP contribution >= 0.6 is 0 Å². The van der Waals surface area contributed by atoms with Gasteiger partial charge in [-0.25, -0.2) is 4.98 Å². The van der Waals surface area contributed by atoms with Crippen molar-refractivity contribution in [1.82, 2.24) is 9.88 Å². The van der Waals surface area contributed by atoms with Gasteiger partial charge in [-0.3, -0.25) is 4.90 Å². The molecule has 0 aliphatic carbocycles. The Morgan fingerprint density at radius 3 is 2.57 bits per heavy atom. The molecular weight excluding hydrogens is 368 g/mol. The number of nitrogens with zero attached hydrogens (tertiary/aromatic N) is 2. The van der Waals surface area contributed by atoms with E-state index in [1.807, 2.05) is 0 Å². The number of likely N-dealkylation sites (N-methyl/N-ethyl adjacent to an activating group) is 1. The van der Waals surface area contributed by atoms with Crippen LogP contribution in [0.15, 0.2) is 60.7 Å². The van der Waals surface area contributed by atoms with E-state index in [-0.39, 0.29) is 0 Å². The number of rotatable bonds is 5. The molecule has 0 N–H and O–H groups in total. The molecule has 0 spiro atoms. The number of ether oxygens (including phenoxy) is 1. The quantitative estimate of drug-likeness (QED) is 0.374. The van der Waals surface area contributed by atoms with Crippen LogP contribution in [0.1, 0.15) is 31.4 Å². The van der Waals surface area contributed by atoms with Gasteiger partial charge in [-0.2, -0.15) is 0 Å². The first-order valence-electron chi connectivity index (χ1n) is 11.1.